The molecule has 2 unspecified atom stereocenters. The number of nitrogens with zero attached hydrogens (tertiary/aromatic N) is 3. The third-order valence-corrected chi connectivity index (χ3v) is 6.16. The Morgan fingerprint density at radius 2 is 1.52 bits per heavy atom. The molecule has 0 aromatic carbocycles. The smallest absolute Gasteiger partial charge is 0.290 e. The van der Waals surface area contributed by atoms with Crippen molar-refractivity contribution in [1.82, 2.24) is 20.0 Å². The first-order chi connectivity index (χ1) is 12.8. The Bertz CT molecular complexity index is 576. The van der Waals surface area contributed by atoms with E-state index in [1.807, 2.05) is 6.92 Å². The summed E-state index contributed by atoms with van der Waals surface area (Å²) in [6.45, 7) is 2.32. The topological polar surface area (TPSA) is 110 Å². The van der Waals surface area contributed by atoms with Crippen molar-refractivity contribution in [2.45, 2.75) is 51.2 Å². The van der Waals surface area contributed by atoms with Crippen molar-refractivity contribution in [2.75, 3.05) is 21.1 Å². The third kappa shape index (κ3) is 6.48. The summed E-state index contributed by atoms with van der Waals surface area (Å²) in [6, 6.07) is 1.49. The molecule has 0 radical (unpaired) electrons. The maximum absolute atomic E-state index is 8.36. The Kier molecular flexibility index (Phi) is 9.76. The van der Waals surface area contributed by atoms with E-state index in [0.717, 1.165) is 40.8 Å². The molecule has 0 aliphatic heterocycles. The molecule has 0 amide bonds. The molecule has 2 aliphatic carbocycles. The van der Waals surface area contributed by atoms with Crippen LogP contribution in [0, 0.1) is 18.8 Å². The van der Waals surface area contributed by atoms with Gasteiger partial charge in [0.1, 0.15) is 0 Å². The normalized spacial score (nSPS) is 26.0. The quantitative estimate of drug-likeness (QED) is 0.663. The number of nitrogens with one attached hydrogen (secondary N) is 1. The summed E-state index contributed by atoms with van der Waals surface area (Å²) in [6.07, 6.45) is 5.44. The molecule has 2 aliphatic rings. The number of carboxylic acid groups (broad SMARTS) is 2. The summed E-state index contributed by atoms with van der Waals surface area (Å²) in [5, 5.41) is 21.9. The van der Waals surface area contributed by atoms with E-state index < -0.39 is 0 Å². The highest BCUT2D eigenvalue weighted by molar-refractivity contribution is 6.31. The van der Waals surface area contributed by atoms with Gasteiger partial charge in [-0.15, -0.1) is 0 Å². The van der Waals surface area contributed by atoms with Gasteiger partial charge in [-0.3, -0.25) is 19.6 Å². The molecule has 9 heteroatoms. The molecule has 3 rings (SSSR count). The fourth-order valence-corrected chi connectivity index (χ4v) is 4.41. The molecule has 2 fully saturated rings. The van der Waals surface area contributed by atoms with Gasteiger partial charge in [0.2, 0.25) is 0 Å². The average molecular weight is 403 g/mol. The molecule has 2 saturated carbocycles. The number of aromatic nitrogens is 2. The van der Waals surface area contributed by atoms with E-state index in [0.29, 0.717) is 6.04 Å². The maximum Gasteiger partial charge on any atom is 0.290 e. The molecule has 3 N–H and O–H groups in total. The average Bonchev–Trinajstić information content (AvgIpc) is 3.25. The second kappa shape index (κ2) is 11.3. The predicted molar refractivity (Wildman–Crippen MR) is 104 cm³/mol. The number of H-pyrrole nitrogens is 1. The molecule has 154 valence electrons. The molecule has 0 saturated heterocycles. The highest BCUT2D eigenvalue weighted by atomic mass is 35.5. The second-order valence-corrected chi connectivity index (χ2v) is 7.85. The van der Waals surface area contributed by atoms with Crippen LogP contribution in [0.3, 0.4) is 0 Å². The number of hydrogen-bond donors (Lipinski definition) is 3. The lowest BCUT2D eigenvalue weighted by Crippen LogP contribution is -2.31. The molecular weight excluding hydrogens is 372 g/mol. The number of carbonyl (C=O) groups is 2. The number of halogens is 1. The van der Waals surface area contributed by atoms with Crippen LogP contribution < -0.4 is 0 Å². The Labute approximate surface area is 165 Å². The lowest BCUT2D eigenvalue weighted by atomic mass is 10.0. The SMILES string of the molecule is Cc1[nH]nc(CN(C)C2C[C@H]3CC(N(C)C)C[C@H]3C2)c1Cl.O=CO.O=CO. The standard InChI is InChI=1S/C16H27ClN4.2CH2O2/c1-10-16(17)15(19-18-10)9-21(4)14-7-11-5-13(20(2)3)6-12(11)8-14;2*2-1-3/h11-14H,5-9H2,1-4H3,(H,18,19);2*1H,(H,2,3)/t11-,12+,13?,14?;;. The molecule has 1 aromatic heterocycles. The van der Waals surface area contributed by atoms with Crippen molar-refractivity contribution in [1.29, 1.82) is 0 Å². The zero-order valence-corrected chi connectivity index (χ0v) is 17.2. The van der Waals surface area contributed by atoms with E-state index in [9.17, 15) is 0 Å². The largest absolute Gasteiger partial charge is 0.483 e. The minimum atomic E-state index is -0.250. The minimum Gasteiger partial charge on any atom is -0.483 e. The van der Waals surface area contributed by atoms with Crippen LogP contribution in [0.25, 0.3) is 0 Å². The number of aryl methyl sites for hydroxylation is 1. The van der Waals surface area contributed by atoms with Crippen molar-refractivity contribution in [3.63, 3.8) is 0 Å². The van der Waals surface area contributed by atoms with E-state index in [-0.39, 0.29) is 12.9 Å². The van der Waals surface area contributed by atoms with E-state index in [1.54, 1.807) is 0 Å². The summed E-state index contributed by atoms with van der Waals surface area (Å²) in [7, 11) is 6.66. The van der Waals surface area contributed by atoms with Gasteiger partial charge < -0.3 is 15.1 Å². The molecule has 1 aromatic rings. The van der Waals surface area contributed by atoms with Crippen LogP contribution >= 0.6 is 11.6 Å². The van der Waals surface area contributed by atoms with Crippen molar-refractivity contribution >= 4 is 24.5 Å². The molecule has 1 heterocycles. The van der Waals surface area contributed by atoms with Crippen LogP contribution in [0.5, 0.6) is 0 Å². The van der Waals surface area contributed by atoms with Gasteiger partial charge in [-0.1, -0.05) is 11.6 Å². The second-order valence-electron chi connectivity index (χ2n) is 7.47. The summed E-state index contributed by atoms with van der Waals surface area (Å²) in [5.74, 6) is 1.84. The van der Waals surface area contributed by atoms with Gasteiger partial charge in [0, 0.05) is 18.6 Å². The molecule has 0 spiro atoms. The first-order valence-corrected chi connectivity index (χ1v) is 9.38. The zero-order valence-electron chi connectivity index (χ0n) is 16.4. The summed E-state index contributed by atoms with van der Waals surface area (Å²) in [4.78, 5) is 21.6. The van der Waals surface area contributed by atoms with Gasteiger partial charge in [-0.05, 0) is 65.6 Å². The van der Waals surface area contributed by atoms with Gasteiger partial charge in [0.05, 0.1) is 16.4 Å². The Morgan fingerprint density at radius 1 is 1.07 bits per heavy atom. The van der Waals surface area contributed by atoms with Crippen LogP contribution in [0.1, 0.15) is 37.1 Å². The van der Waals surface area contributed by atoms with Gasteiger partial charge >= 0.3 is 0 Å². The van der Waals surface area contributed by atoms with E-state index in [2.05, 4.69) is 41.1 Å². The van der Waals surface area contributed by atoms with Gasteiger partial charge in [0.15, 0.2) is 0 Å². The van der Waals surface area contributed by atoms with Crippen LogP contribution in [0.2, 0.25) is 5.02 Å². The summed E-state index contributed by atoms with van der Waals surface area (Å²) < 4.78 is 0. The molecule has 4 atom stereocenters. The van der Waals surface area contributed by atoms with Crippen molar-refractivity contribution < 1.29 is 19.8 Å². The summed E-state index contributed by atoms with van der Waals surface area (Å²) in [5.41, 5.74) is 1.96. The predicted octanol–water partition coefficient (Wildman–Crippen LogP) is 2.32. The van der Waals surface area contributed by atoms with Crippen LogP contribution in [0.15, 0.2) is 0 Å². The van der Waals surface area contributed by atoms with Crippen molar-refractivity contribution in [2.24, 2.45) is 11.8 Å². The summed E-state index contributed by atoms with van der Waals surface area (Å²) >= 11 is 6.28. The Hall–Kier alpha value is -1.64. The number of rotatable bonds is 4. The minimum absolute atomic E-state index is 0.250. The number of hydrogen-bond acceptors (Lipinski definition) is 5. The molecular formula is C18H31ClN4O4. The maximum atomic E-state index is 8.36. The van der Waals surface area contributed by atoms with E-state index >= 15 is 0 Å². The third-order valence-electron chi connectivity index (χ3n) is 5.66. The van der Waals surface area contributed by atoms with Crippen LogP contribution in [0.4, 0.5) is 0 Å². The van der Waals surface area contributed by atoms with Crippen LogP contribution in [-0.2, 0) is 16.1 Å². The van der Waals surface area contributed by atoms with Gasteiger partial charge in [-0.2, -0.15) is 5.10 Å². The van der Waals surface area contributed by atoms with Crippen molar-refractivity contribution in [3.05, 3.63) is 16.4 Å². The number of aromatic amines is 1. The van der Waals surface area contributed by atoms with E-state index in [1.165, 1.54) is 25.7 Å². The van der Waals surface area contributed by atoms with Gasteiger partial charge in [-0.25, -0.2) is 0 Å². The van der Waals surface area contributed by atoms with E-state index in [4.69, 9.17) is 31.4 Å². The fourth-order valence-electron chi connectivity index (χ4n) is 4.27. The Morgan fingerprint density at radius 3 is 1.89 bits per heavy atom. The lowest BCUT2D eigenvalue weighted by molar-refractivity contribution is -0.123. The Balaban J connectivity index is 0.000000540. The zero-order chi connectivity index (χ0) is 20.6. The molecule has 27 heavy (non-hydrogen) atoms. The first-order valence-electron chi connectivity index (χ1n) is 9.00. The number of fused-ring (bicyclic) bond motifs is 1. The highest BCUT2D eigenvalue weighted by Gasteiger charge is 2.43. The first kappa shape index (κ1) is 23.4. The molecule has 8 nitrogen and oxygen atoms in total. The van der Waals surface area contributed by atoms with Crippen molar-refractivity contribution in [3.8, 4) is 0 Å². The van der Waals surface area contributed by atoms with Crippen LogP contribution in [-0.4, -0.2) is 76.4 Å². The fraction of sp³-hybridized carbons (Fsp3) is 0.722. The highest BCUT2D eigenvalue weighted by Crippen LogP contribution is 2.46. The monoisotopic (exact) mass is 402 g/mol. The lowest BCUT2D eigenvalue weighted by Gasteiger charge is -2.26. The molecule has 0 bridgehead atoms. The van der Waals surface area contributed by atoms with Gasteiger partial charge in [0.25, 0.3) is 12.9 Å².